The molecule has 0 aliphatic rings. The van der Waals surface area contributed by atoms with Crippen molar-refractivity contribution < 1.29 is 4.79 Å². The topological polar surface area (TPSA) is 20.3 Å². The summed E-state index contributed by atoms with van der Waals surface area (Å²) in [4.78, 5) is 14.4. The number of hydrogen-bond acceptors (Lipinski definition) is 1. The Kier molecular flexibility index (Phi) is 5.56. The molecule has 1 rings (SSSR count). The molecule has 2 heteroatoms. The van der Waals surface area contributed by atoms with Crippen molar-refractivity contribution in [1.82, 2.24) is 4.90 Å². The van der Waals surface area contributed by atoms with Crippen LogP contribution < -0.4 is 0 Å². The minimum atomic E-state index is -0.423. The molecule has 0 atom stereocenters. The normalized spacial score (nSPS) is 10.8. The van der Waals surface area contributed by atoms with Gasteiger partial charge in [-0.25, -0.2) is 0 Å². The molecule has 1 amide bonds. The van der Waals surface area contributed by atoms with Gasteiger partial charge in [-0.1, -0.05) is 56.3 Å². The average molecular weight is 257 g/mol. The van der Waals surface area contributed by atoms with Crippen LogP contribution in [0.15, 0.2) is 55.6 Å². The number of benzene rings is 1. The summed E-state index contributed by atoms with van der Waals surface area (Å²) in [5.74, 6) is 0.135. The van der Waals surface area contributed by atoms with Crippen LogP contribution in [0.3, 0.4) is 0 Å². The predicted molar refractivity (Wildman–Crippen MR) is 80.9 cm³/mol. The van der Waals surface area contributed by atoms with E-state index in [1.54, 1.807) is 17.1 Å². The summed E-state index contributed by atoms with van der Waals surface area (Å²) < 4.78 is 0. The van der Waals surface area contributed by atoms with Crippen LogP contribution in [-0.4, -0.2) is 23.9 Å². The van der Waals surface area contributed by atoms with E-state index in [0.717, 1.165) is 6.42 Å². The number of amides is 1. The highest BCUT2D eigenvalue weighted by Gasteiger charge is 2.31. The summed E-state index contributed by atoms with van der Waals surface area (Å²) in [5, 5.41) is 0. The van der Waals surface area contributed by atoms with E-state index in [2.05, 4.69) is 25.3 Å². The smallest absolute Gasteiger partial charge is 0.229 e. The molecule has 2 nitrogen and oxygen atoms in total. The maximum absolute atomic E-state index is 12.6. The number of carbonyl (C=O) groups is 1. The van der Waals surface area contributed by atoms with Crippen molar-refractivity contribution in [3.8, 4) is 0 Å². The monoisotopic (exact) mass is 257 g/mol. The summed E-state index contributed by atoms with van der Waals surface area (Å²) in [7, 11) is 0. The molecule has 0 fully saturated rings. The van der Waals surface area contributed by atoms with Gasteiger partial charge in [0.15, 0.2) is 0 Å². The van der Waals surface area contributed by atoms with E-state index < -0.39 is 5.41 Å². The summed E-state index contributed by atoms with van der Waals surface area (Å²) in [6.07, 6.45) is 4.23. The molecule has 0 bridgehead atoms. The maximum atomic E-state index is 12.6. The Labute approximate surface area is 116 Å². The zero-order valence-electron chi connectivity index (χ0n) is 11.9. The van der Waals surface area contributed by atoms with Crippen molar-refractivity contribution in [1.29, 1.82) is 0 Å². The van der Waals surface area contributed by atoms with Gasteiger partial charge in [0, 0.05) is 18.5 Å². The van der Waals surface area contributed by atoms with Crippen LogP contribution >= 0.6 is 0 Å². The van der Waals surface area contributed by atoms with Gasteiger partial charge >= 0.3 is 0 Å². The zero-order valence-corrected chi connectivity index (χ0v) is 11.9. The summed E-state index contributed by atoms with van der Waals surface area (Å²) in [5.41, 5.74) is 0.755. The van der Waals surface area contributed by atoms with Crippen molar-refractivity contribution in [2.24, 2.45) is 5.41 Å². The molecular formula is C17H23NO. The Morgan fingerprint density at radius 1 is 1.16 bits per heavy atom. The molecule has 0 aliphatic carbocycles. The van der Waals surface area contributed by atoms with Crippen molar-refractivity contribution in [2.75, 3.05) is 13.1 Å². The molecule has 1 aromatic carbocycles. The van der Waals surface area contributed by atoms with E-state index in [1.807, 2.05) is 32.0 Å². The van der Waals surface area contributed by atoms with Gasteiger partial charge in [-0.05, 0) is 12.0 Å². The third-order valence-corrected chi connectivity index (χ3v) is 3.05. The molecule has 0 heterocycles. The van der Waals surface area contributed by atoms with Crippen LogP contribution in [0, 0.1) is 5.41 Å². The molecule has 0 saturated heterocycles. The molecule has 0 spiro atoms. The second kappa shape index (κ2) is 6.93. The quantitative estimate of drug-likeness (QED) is 0.685. The highest BCUT2D eigenvalue weighted by atomic mass is 16.2. The minimum absolute atomic E-state index is 0.135. The second-order valence-electron chi connectivity index (χ2n) is 5.33. The third-order valence-electron chi connectivity index (χ3n) is 3.05. The van der Waals surface area contributed by atoms with Gasteiger partial charge in [-0.2, -0.15) is 0 Å². The summed E-state index contributed by atoms with van der Waals surface area (Å²) >= 11 is 0. The first-order valence-corrected chi connectivity index (χ1v) is 6.56. The standard InChI is InChI=1S/C17H23NO/c1-5-12-18(13-6-2)16(19)17(3,4)14-15-10-8-7-9-11-15/h5-11H,1-2,12-14H2,3-4H3. The Balaban J connectivity index is 2.82. The van der Waals surface area contributed by atoms with Gasteiger partial charge in [0.25, 0.3) is 0 Å². The van der Waals surface area contributed by atoms with Crippen LogP contribution in [0.25, 0.3) is 0 Å². The van der Waals surface area contributed by atoms with E-state index in [-0.39, 0.29) is 5.91 Å². The van der Waals surface area contributed by atoms with E-state index in [4.69, 9.17) is 0 Å². The fourth-order valence-electron chi connectivity index (χ4n) is 2.16. The Bertz CT molecular complexity index is 424. The number of nitrogens with zero attached hydrogens (tertiary/aromatic N) is 1. The molecular weight excluding hydrogens is 234 g/mol. The van der Waals surface area contributed by atoms with E-state index in [1.165, 1.54) is 5.56 Å². The van der Waals surface area contributed by atoms with Gasteiger partial charge in [0.05, 0.1) is 0 Å². The second-order valence-corrected chi connectivity index (χ2v) is 5.33. The number of hydrogen-bond donors (Lipinski definition) is 0. The highest BCUT2D eigenvalue weighted by Crippen LogP contribution is 2.24. The lowest BCUT2D eigenvalue weighted by Gasteiger charge is -2.31. The molecule has 0 aromatic heterocycles. The van der Waals surface area contributed by atoms with Gasteiger partial charge in [0.2, 0.25) is 5.91 Å². The Morgan fingerprint density at radius 3 is 2.16 bits per heavy atom. The number of rotatable bonds is 7. The highest BCUT2D eigenvalue weighted by molar-refractivity contribution is 5.82. The molecule has 1 aromatic rings. The van der Waals surface area contributed by atoms with Crippen LogP contribution in [-0.2, 0) is 11.2 Å². The molecule has 0 unspecified atom stereocenters. The first-order valence-electron chi connectivity index (χ1n) is 6.56. The molecule has 0 aliphatic heterocycles. The van der Waals surface area contributed by atoms with Crippen molar-refractivity contribution >= 4 is 5.91 Å². The fraction of sp³-hybridized carbons (Fsp3) is 0.353. The maximum Gasteiger partial charge on any atom is 0.229 e. The molecule has 102 valence electrons. The lowest BCUT2D eigenvalue weighted by atomic mass is 9.84. The van der Waals surface area contributed by atoms with Crippen molar-refractivity contribution in [2.45, 2.75) is 20.3 Å². The van der Waals surface area contributed by atoms with Crippen molar-refractivity contribution in [3.05, 3.63) is 61.2 Å². The Hall–Kier alpha value is -1.83. The third kappa shape index (κ3) is 4.40. The minimum Gasteiger partial charge on any atom is -0.335 e. The first kappa shape index (κ1) is 15.2. The SMILES string of the molecule is C=CCN(CC=C)C(=O)C(C)(C)Cc1ccccc1. The average Bonchev–Trinajstić information content (AvgIpc) is 2.38. The lowest BCUT2D eigenvalue weighted by Crippen LogP contribution is -2.42. The molecule has 0 N–H and O–H groups in total. The fourth-order valence-corrected chi connectivity index (χ4v) is 2.16. The Morgan fingerprint density at radius 2 is 1.68 bits per heavy atom. The predicted octanol–water partition coefficient (Wildman–Crippen LogP) is 3.46. The zero-order chi connectivity index (χ0) is 14.3. The van der Waals surface area contributed by atoms with Crippen molar-refractivity contribution in [3.63, 3.8) is 0 Å². The molecule has 0 radical (unpaired) electrons. The first-order chi connectivity index (χ1) is 9.01. The molecule has 19 heavy (non-hydrogen) atoms. The number of carbonyl (C=O) groups excluding carboxylic acids is 1. The van der Waals surface area contributed by atoms with E-state index in [9.17, 15) is 4.79 Å². The van der Waals surface area contributed by atoms with Gasteiger partial charge in [-0.3, -0.25) is 4.79 Å². The summed E-state index contributed by atoms with van der Waals surface area (Å²) in [6, 6.07) is 10.1. The lowest BCUT2D eigenvalue weighted by molar-refractivity contribution is -0.139. The van der Waals surface area contributed by atoms with Crippen LogP contribution in [0.1, 0.15) is 19.4 Å². The van der Waals surface area contributed by atoms with Crippen LogP contribution in [0.5, 0.6) is 0 Å². The van der Waals surface area contributed by atoms with Gasteiger partial charge in [0.1, 0.15) is 0 Å². The van der Waals surface area contributed by atoms with Gasteiger partial charge in [-0.15, -0.1) is 13.2 Å². The van der Waals surface area contributed by atoms with Crippen LogP contribution in [0.2, 0.25) is 0 Å². The molecule has 0 saturated carbocycles. The van der Waals surface area contributed by atoms with E-state index in [0.29, 0.717) is 13.1 Å². The largest absolute Gasteiger partial charge is 0.335 e. The van der Waals surface area contributed by atoms with E-state index >= 15 is 0 Å². The summed E-state index contributed by atoms with van der Waals surface area (Å²) in [6.45, 7) is 12.5. The van der Waals surface area contributed by atoms with Crippen LogP contribution in [0.4, 0.5) is 0 Å². The van der Waals surface area contributed by atoms with Gasteiger partial charge < -0.3 is 4.90 Å².